The molecule has 3 N–H and O–H groups in total. The van der Waals surface area contributed by atoms with Crippen LogP contribution in [-0.4, -0.2) is 97.9 Å². The normalized spacial score (nSPS) is 15.5. The lowest BCUT2D eigenvalue weighted by Crippen LogP contribution is -2.40. The van der Waals surface area contributed by atoms with Gasteiger partial charge in [-0.1, -0.05) is 68.1 Å². The summed E-state index contributed by atoms with van der Waals surface area (Å²) in [5, 5.41) is 8.46. The molecular weight excluding hydrogens is 787 g/mol. The minimum absolute atomic E-state index is 0. The summed E-state index contributed by atoms with van der Waals surface area (Å²) in [5.74, 6) is 0.902. The number of carbonyl (C=O) groups excluding carboxylic acids is 3. The van der Waals surface area contributed by atoms with E-state index in [1.165, 1.54) is 51.3 Å². The van der Waals surface area contributed by atoms with E-state index in [0.29, 0.717) is 64.6 Å². The van der Waals surface area contributed by atoms with E-state index >= 15 is 0 Å². The lowest BCUT2D eigenvalue weighted by Gasteiger charge is -2.36. The fraction of sp³-hybridized carbons (Fsp3) is 0.440. The summed E-state index contributed by atoms with van der Waals surface area (Å²) in [5.41, 5.74) is 9.70. The zero-order valence-corrected chi connectivity index (χ0v) is 36.5. The van der Waals surface area contributed by atoms with Gasteiger partial charge in [0.1, 0.15) is 6.61 Å². The number of likely N-dealkylation sites (tertiary alicyclic amines) is 2. The molecule has 62 heavy (non-hydrogen) atoms. The number of ketones is 3. The first kappa shape index (κ1) is 50.8. The van der Waals surface area contributed by atoms with Crippen molar-refractivity contribution >= 4 is 23.3 Å². The number of rotatable bonds is 16. The van der Waals surface area contributed by atoms with E-state index in [0.717, 1.165) is 51.9 Å². The summed E-state index contributed by atoms with van der Waals surface area (Å²) in [4.78, 5) is 50.4. The van der Waals surface area contributed by atoms with Crippen molar-refractivity contribution in [1.82, 2.24) is 9.80 Å². The zero-order chi connectivity index (χ0) is 44.3. The average molecular weight is 854 g/mol. The Morgan fingerprint density at radius 3 is 1.42 bits per heavy atom. The lowest BCUT2D eigenvalue weighted by atomic mass is 9.90. The van der Waals surface area contributed by atoms with Crippen molar-refractivity contribution in [2.75, 3.05) is 53.6 Å². The van der Waals surface area contributed by atoms with E-state index in [4.69, 9.17) is 29.8 Å². The topological polar surface area (TPSA) is 158 Å². The molecule has 336 valence electrons. The molecular formula is C50H67N3O9. The number of carboxylic acid groups (broad SMARTS) is 1. The average Bonchev–Trinajstić information content (AvgIpc) is 3.28. The Kier molecular flexibility index (Phi) is 21.3. The molecule has 0 saturated carbocycles. The van der Waals surface area contributed by atoms with Crippen LogP contribution in [-0.2, 0) is 9.59 Å². The quantitative estimate of drug-likeness (QED) is 0.103. The maximum absolute atomic E-state index is 12.5. The van der Waals surface area contributed by atoms with Crippen LogP contribution in [0.5, 0.6) is 23.0 Å². The van der Waals surface area contributed by atoms with Gasteiger partial charge in [0, 0.05) is 48.8 Å². The number of Topliss-reactive ketones (excluding diaryl/α,β-unsaturated/α-hetero) is 3. The molecule has 4 aromatic carbocycles. The fourth-order valence-corrected chi connectivity index (χ4v) is 7.43. The summed E-state index contributed by atoms with van der Waals surface area (Å²) >= 11 is 0. The Bertz CT molecular complexity index is 1990. The van der Waals surface area contributed by atoms with Gasteiger partial charge in [-0.15, -0.1) is 0 Å². The van der Waals surface area contributed by atoms with E-state index in [-0.39, 0.29) is 31.4 Å². The van der Waals surface area contributed by atoms with Crippen LogP contribution in [0.15, 0.2) is 97.1 Å². The van der Waals surface area contributed by atoms with Crippen LogP contribution in [0.2, 0.25) is 0 Å². The molecule has 12 heteroatoms. The molecule has 2 saturated heterocycles. The van der Waals surface area contributed by atoms with Crippen LogP contribution in [0.1, 0.15) is 111 Å². The first-order valence-electron chi connectivity index (χ1n) is 21.0. The van der Waals surface area contributed by atoms with E-state index < -0.39 is 12.6 Å². The first-order valence-corrected chi connectivity index (χ1v) is 21.0. The monoisotopic (exact) mass is 853 g/mol. The van der Waals surface area contributed by atoms with Crippen LogP contribution >= 0.6 is 0 Å². The molecule has 0 spiro atoms. The maximum atomic E-state index is 12.5. The second-order valence-corrected chi connectivity index (χ2v) is 15.6. The number of nitrogens with two attached hydrogens (primary N) is 1. The minimum Gasteiger partial charge on any atom is -0.493 e. The van der Waals surface area contributed by atoms with Crippen LogP contribution in [0.4, 0.5) is 0 Å². The number of benzene rings is 4. The summed E-state index contributed by atoms with van der Waals surface area (Å²) in [6, 6.07) is 32.2. The Morgan fingerprint density at radius 2 is 1.03 bits per heavy atom. The number of aliphatic carboxylic acids is 1. The van der Waals surface area contributed by atoms with Crippen LogP contribution < -0.4 is 24.7 Å². The van der Waals surface area contributed by atoms with Crippen molar-refractivity contribution in [3.63, 3.8) is 0 Å². The molecule has 0 aromatic heterocycles. The fourth-order valence-electron chi connectivity index (χ4n) is 7.43. The second kappa shape index (κ2) is 26.0. The maximum Gasteiger partial charge on any atom is 0.341 e. The number of ether oxygens (including phenoxy) is 4. The predicted octanol–water partition coefficient (Wildman–Crippen LogP) is 8.88. The van der Waals surface area contributed by atoms with Crippen LogP contribution in [0.25, 0.3) is 0 Å². The van der Waals surface area contributed by atoms with E-state index in [1.54, 1.807) is 24.3 Å². The SMILES string of the molecule is C.CC(c1ccccc1)N1CCC(N)CC1.COc1cc(C(C)=O)ccc1OCC(=O)CC1CCN(C(C)c2ccccc2)CC1.COc1cc(C(C)=O)ccc1OCC(=O)O. The predicted molar refractivity (Wildman–Crippen MR) is 244 cm³/mol. The molecule has 2 aliphatic rings. The Hall–Kier alpha value is -5.56. The number of hydrogen-bond donors (Lipinski definition) is 2. The van der Waals surface area contributed by atoms with E-state index in [2.05, 4.69) is 78.2 Å². The minimum atomic E-state index is -1.07. The number of methoxy groups -OCH3 is 2. The van der Waals surface area contributed by atoms with Gasteiger partial charge in [-0.2, -0.15) is 0 Å². The molecule has 4 aromatic rings. The van der Waals surface area contributed by atoms with Crippen molar-refractivity contribution < 1.29 is 43.2 Å². The van der Waals surface area contributed by atoms with Gasteiger partial charge in [-0.25, -0.2) is 4.79 Å². The highest BCUT2D eigenvalue weighted by atomic mass is 16.5. The van der Waals surface area contributed by atoms with Crippen LogP contribution in [0.3, 0.4) is 0 Å². The highest BCUT2D eigenvalue weighted by Gasteiger charge is 2.25. The Balaban J connectivity index is 0.000000270. The molecule has 2 fully saturated rings. The van der Waals surface area contributed by atoms with Crippen molar-refractivity contribution in [3.8, 4) is 23.0 Å². The molecule has 2 atom stereocenters. The second-order valence-electron chi connectivity index (χ2n) is 15.6. The van der Waals surface area contributed by atoms with Gasteiger partial charge in [-0.3, -0.25) is 24.2 Å². The number of nitrogens with zero attached hydrogens (tertiary/aromatic N) is 2. The summed E-state index contributed by atoms with van der Waals surface area (Å²) in [6.07, 6.45) is 4.87. The lowest BCUT2D eigenvalue weighted by molar-refractivity contribution is -0.139. The van der Waals surface area contributed by atoms with Crippen LogP contribution in [0, 0.1) is 5.92 Å². The number of carboxylic acids is 1. The van der Waals surface area contributed by atoms with Gasteiger partial charge in [0.15, 0.2) is 47.0 Å². The molecule has 2 heterocycles. The smallest absolute Gasteiger partial charge is 0.341 e. The van der Waals surface area contributed by atoms with Gasteiger partial charge in [0.2, 0.25) is 0 Å². The molecule has 6 rings (SSSR count). The standard InChI is InChI=1S/C25H31NO4.C13H20N2.C11H12O5.CH4/c1-18(21-7-5-4-6-8-21)26-13-11-20(12-14-26)15-23(28)17-30-24-10-9-22(19(2)27)16-25(24)29-3;1-11(12-5-3-2-4-6-12)15-9-7-13(14)8-10-15;1-7(12)8-3-4-9(10(5-8)15-2)16-6-11(13)14;/h4-10,16,18,20H,11-15,17H2,1-3H3;2-6,11,13H,7-10,14H2,1H3;3-5H,6H2,1-2H3,(H,13,14);1H4. The summed E-state index contributed by atoms with van der Waals surface area (Å²) in [6.45, 7) is 11.3. The highest BCUT2D eigenvalue weighted by Crippen LogP contribution is 2.31. The summed E-state index contributed by atoms with van der Waals surface area (Å²) < 4.78 is 21.0. The van der Waals surface area contributed by atoms with E-state index in [1.807, 2.05) is 6.07 Å². The third-order valence-electron chi connectivity index (χ3n) is 11.3. The number of carbonyl (C=O) groups is 4. The molecule has 2 unspecified atom stereocenters. The third-order valence-corrected chi connectivity index (χ3v) is 11.3. The zero-order valence-electron chi connectivity index (χ0n) is 36.5. The van der Waals surface area contributed by atoms with Crippen molar-refractivity contribution in [2.45, 2.75) is 85.4 Å². The van der Waals surface area contributed by atoms with Gasteiger partial charge in [-0.05, 0) is 120 Å². The van der Waals surface area contributed by atoms with Crippen molar-refractivity contribution in [1.29, 1.82) is 0 Å². The molecule has 2 aliphatic heterocycles. The molecule has 0 aliphatic carbocycles. The molecule has 0 bridgehead atoms. The highest BCUT2D eigenvalue weighted by molar-refractivity contribution is 5.95. The number of piperidine rings is 2. The van der Waals surface area contributed by atoms with E-state index in [9.17, 15) is 19.2 Å². The third kappa shape index (κ3) is 16.0. The number of hydrogen-bond acceptors (Lipinski definition) is 11. The largest absolute Gasteiger partial charge is 0.493 e. The van der Waals surface area contributed by atoms with Crippen molar-refractivity contribution in [3.05, 3.63) is 119 Å². The molecule has 0 radical (unpaired) electrons. The van der Waals surface area contributed by atoms with Crippen molar-refractivity contribution in [2.24, 2.45) is 11.7 Å². The van der Waals surface area contributed by atoms with Gasteiger partial charge in [0.25, 0.3) is 0 Å². The Morgan fingerprint density at radius 1 is 0.629 bits per heavy atom. The van der Waals surface area contributed by atoms with Gasteiger partial charge >= 0.3 is 5.97 Å². The van der Waals surface area contributed by atoms with Gasteiger partial charge in [0.05, 0.1) is 14.2 Å². The molecule has 0 amide bonds. The molecule has 12 nitrogen and oxygen atoms in total. The summed E-state index contributed by atoms with van der Waals surface area (Å²) in [7, 11) is 2.95. The van der Waals surface area contributed by atoms with Gasteiger partial charge < -0.3 is 29.8 Å². The Labute approximate surface area is 368 Å². The first-order chi connectivity index (χ1) is 29.3.